The molecule has 4 rings (SSSR count). The first kappa shape index (κ1) is 16.0. The summed E-state index contributed by atoms with van der Waals surface area (Å²) in [5.74, 6) is 1.17. The number of rotatable bonds is 0. The highest BCUT2D eigenvalue weighted by atomic mass is 16.3. The average molecular weight is 322 g/mol. The maximum Gasteiger partial charge on any atom is 0.144 e. The second-order valence-electron chi connectivity index (χ2n) is 9.23. The predicted octanol–water partition coefficient (Wildman–Crippen LogP) is 1.90. The number of hydrogen-bond acceptors (Lipinski definition) is 4. The Kier molecular flexibility index (Phi) is 3.51. The van der Waals surface area contributed by atoms with Crippen LogP contribution in [0.2, 0.25) is 0 Å². The summed E-state index contributed by atoms with van der Waals surface area (Å²) in [5.41, 5.74) is -0.617. The summed E-state index contributed by atoms with van der Waals surface area (Å²) in [5, 5.41) is 31.5. The van der Waals surface area contributed by atoms with Crippen LogP contribution in [0.4, 0.5) is 0 Å². The molecule has 0 bridgehead atoms. The third-order valence-corrected chi connectivity index (χ3v) is 8.45. The molecular formula is C19H30O4. The van der Waals surface area contributed by atoms with Gasteiger partial charge in [0.15, 0.2) is 0 Å². The smallest absolute Gasteiger partial charge is 0.144 e. The Hall–Kier alpha value is -0.450. The number of fused-ring (bicyclic) bond motifs is 5. The van der Waals surface area contributed by atoms with Crippen LogP contribution in [-0.4, -0.2) is 39.4 Å². The molecule has 0 aromatic rings. The summed E-state index contributed by atoms with van der Waals surface area (Å²) in [6, 6.07) is 0. The lowest BCUT2D eigenvalue weighted by Crippen LogP contribution is -2.59. The summed E-state index contributed by atoms with van der Waals surface area (Å²) in [6.07, 6.45) is 4.30. The van der Waals surface area contributed by atoms with Crippen LogP contribution in [0, 0.1) is 34.5 Å². The number of aliphatic hydroxyl groups is 3. The van der Waals surface area contributed by atoms with Crippen molar-refractivity contribution in [2.75, 3.05) is 0 Å². The molecule has 0 saturated heterocycles. The number of hydrogen-bond donors (Lipinski definition) is 3. The van der Waals surface area contributed by atoms with E-state index in [-0.39, 0.29) is 29.6 Å². The van der Waals surface area contributed by atoms with Crippen LogP contribution in [0.5, 0.6) is 0 Å². The lowest BCUT2D eigenvalue weighted by Gasteiger charge is -2.61. The highest BCUT2D eigenvalue weighted by Gasteiger charge is 2.65. The average Bonchev–Trinajstić information content (AvgIpc) is 2.73. The van der Waals surface area contributed by atoms with E-state index in [0.29, 0.717) is 24.2 Å². The molecule has 9 atom stereocenters. The molecule has 0 radical (unpaired) electrons. The normalized spacial score (nSPS) is 59.2. The van der Waals surface area contributed by atoms with Crippen LogP contribution in [-0.2, 0) is 4.79 Å². The molecule has 3 N–H and O–H groups in total. The first-order valence-electron chi connectivity index (χ1n) is 9.36. The SMILES string of the molecule is C[C@]12CC[C@@H](O)C[C@@H]1CC[C@H]1[C@@H]3[C@@H](O)CC(=O)[C@@]3(C)[C@@H](O)C[C@@H]12. The Morgan fingerprint density at radius 2 is 1.78 bits per heavy atom. The number of ketones is 1. The van der Waals surface area contributed by atoms with Crippen molar-refractivity contribution in [3.63, 3.8) is 0 Å². The van der Waals surface area contributed by atoms with Crippen LogP contribution in [0.25, 0.3) is 0 Å². The molecule has 0 unspecified atom stereocenters. The first-order valence-corrected chi connectivity index (χ1v) is 9.36. The largest absolute Gasteiger partial charge is 0.393 e. The van der Waals surface area contributed by atoms with Gasteiger partial charge in [0.05, 0.1) is 23.7 Å². The Bertz CT molecular complexity index is 519. The number of aliphatic hydroxyl groups excluding tert-OH is 3. The maximum atomic E-state index is 12.5. The van der Waals surface area contributed by atoms with Gasteiger partial charge in [-0.25, -0.2) is 0 Å². The van der Waals surface area contributed by atoms with Gasteiger partial charge < -0.3 is 15.3 Å². The Balaban J connectivity index is 1.71. The summed E-state index contributed by atoms with van der Waals surface area (Å²) in [7, 11) is 0. The van der Waals surface area contributed by atoms with Crippen molar-refractivity contribution >= 4 is 5.78 Å². The maximum absolute atomic E-state index is 12.5. The molecule has 4 aliphatic carbocycles. The second kappa shape index (κ2) is 5.03. The molecule has 4 fully saturated rings. The zero-order valence-corrected chi connectivity index (χ0v) is 14.2. The van der Waals surface area contributed by atoms with Crippen molar-refractivity contribution in [1.82, 2.24) is 0 Å². The van der Waals surface area contributed by atoms with Gasteiger partial charge in [0.25, 0.3) is 0 Å². The molecule has 0 spiro atoms. The highest BCUT2D eigenvalue weighted by molar-refractivity contribution is 5.88. The van der Waals surface area contributed by atoms with E-state index in [1.165, 1.54) is 0 Å². The minimum atomic E-state index is -0.752. The first-order chi connectivity index (χ1) is 10.8. The van der Waals surface area contributed by atoms with E-state index >= 15 is 0 Å². The van der Waals surface area contributed by atoms with E-state index in [2.05, 4.69) is 6.92 Å². The number of carbonyl (C=O) groups is 1. The third-order valence-electron chi connectivity index (χ3n) is 8.45. The highest BCUT2D eigenvalue weighted by Crippen LogP contribution is 2.65. The van der Waals surface area contributed by atoms with Crippen molar-refractivity contribution in [2.45, 2.75) is 77.1 Å². The molecule has 0 amide bonds. The molecule has 4 aliphatic rings. The monoisotopic (exact) mass is 322 g/mol. The van der Waals surface area contributed by atoms with Gasteiger partial charge in [-0.15, -0.1) is 0 Å². The predicted molar refractivity (Wildman–Crippen MR) is 85.5 cm³/mol. The molecule has 23 heavy (non-hydrogen) atoms. The van der Waals surface area contributed by atoms with Gasteiger partial charge in [-0.3, -0.25) is 4.79 Å². The van der Waals surface area contributed by atoms with Crippen LogP contribution >= 0.6 is 0 Å². The Labute approximate surface area is 138 Å². The Morgan fingerprint density at radius 3 is 2.52 bits per heavy atom. The second-order valence-corrected chi connectivity index (χ2v) is 9.23. The van der Waals surface area contributed by atoms with Crippen molar-refractivity contribution in [1.29, 1.82) is 0 Å². The Morgan fingerprint density at radius 1 is 1.04 bits per heavy atom. The van der Waals surface area contributed by atoms with Gasteiger partial charge in [0, 0.05) is 12.3 Å². The quantitative estimate of drug-likeness (QED) is 0.636. The molecule has 4 heteroatoms. The third kappa shape index (κ3) is 1.98. The van der Waals surface area contributed by atoms with Crippen molar-refractivity contribution in [2.24, 2.45) is 34.5 Å². The van der Waals surface area contributed by atoms with Crippen LogP contribution in [0.3, 0.4) is 0 Å². The fourth-order valence-corrected chi connectivity index (χ4v) is 7.04. The topological polar surface area (TPSA) is 77.8 Å². The number of carbonyl (C=O) groups excluding carboxylic acids is 1. The van der Waals surface area contributed by atoms with Gasteiger partial charge in [-0.1, -0.05) is 6.92 Å². The zero-order valence-electron chi connectivity index (χ0n) is 14.2. The summed E-state index contributed by atoms with van der Waals surface area (Å²) in [4.78, 5) is 12.5. The van der Waals surface area contributed by atoms with Gasteiger partial charge in [0.2, 0.25) is 0 Å². The molecule has 0 aromatic carbocycles. The van der Waals surface area contributed by atoms with E-state index in [9.17, 15) is 20.1 Å². The van der Waals surface area contributed by atoms with E-state index < -0.39 is 17.6 Å². The van der Waals surface area contributed by atoms with Gasteiger partial charge in [-0.05, 0) is 68.6 Å². The molecule has 0 aliphatic heterocycles. The standard InChI is InChI=1S/C19H30O4/c1-18-6-5-11(20)7-10(18)3-4-12-13(18)8-15(22)19(2)16(23)9-14(21)17(12)19/h10-15,17,20-22H,3-9H2,1-2H3/t10-,11+,12+,13-,14-,15-,17+,18-,19+/m0/s1. The molecule has 0 aromatic heterocycles. The fourth-order valence-electron chi connectivity index (χ4n) is 7.04. The van der Waals surface area contributed by atoms with E-state index in [1.807, 2.05) is 6.92 Å². The molecule has 130 valence electrons. The molecule has 4 nitrogen and oxygen atoms in total. The van der Waals surface area contributed by atoms with Crippen molar-refractivity contribution in [3.8, 4) is 0 Å². The van der Waals surface area contributed by atoms with Crippen molar-refractivity contribution < 1.29 is 20.1 Å². The minimum absolute atomic E-state index is 0.0484. The lowest BCUT2D eigenvalue weighted by atomic mass is 9.44. The fraction of sp³-hybridized carbons (Fsp3) is 0.947. The molecule has 4 saturated carbocycles. The van der Waals surface area contributed by atoms with Crippen LogP contribution in [0.1, 0.15) is 58.8 Å². The van der Waals surface area contributed by atoms with Crippen molar-refractivity contribution in [3.05, 3.63) is 0 Å². The van der Waals surface area contributed by atoms with Gasteiger partial charge >= 0.3 is 0 Å². The molecular weight excluding hydrogens is 292 g/mol. The van der Waals surface area contributed by atoms with E-state index in [4.69, 9.17) is 0 Å². The van der Waals surface area contributed by atoms with Crippen LogP contribution < -0.4 is 0 Å². The summed E-state index contributed by atoms with van der Waals surface area (Å²) in [6.45, 7) is 4.22. The van der Waals surface area contributed by atoms with Gasteiger partial charge in [0.1, 0.15) is 5.78 Å². The van der Waals surface area contributed by atoms with E-state index in [0.717, 1.165) is 32.1 Å². The van der Waals surface area contributed by atoms with Crippen LogP contribution in [0.15, 0.2) is 0 Å². The lowest BCUT2D eigenvalue weighted by molar-refractivity contribution is -0.178. The van der Waals surface area contributed by atoms with E-state index in [1.54, 1.807) is 0 Å². The van der Waals surface area contributed by atoms with Gasteiger partial charge in [-0.2, -0.15) is 0 Å². The number of Topliss-reactive ketones (excluding diaryl/α,β-unsaturated/α-hetero) is 1. The zero-order chi connectivity index (χ0) is 16.6. The summed E-state index contributed by atoms with van der Waals surface area (Å²) < 4.78 is 0. The summed E-state index contributed by atoms with van der Waals surface area (Å²) >= 11 is 0. The molecule has 0 heterocycles. The minimum Gasteiger partial charge on any atom is -0.393 e.